The number of halogens is 1. The summed E-state index contributed by atoms with van der Waals surface area (Å²) in [4.78, 5) is 16.3. The molecule has 0 fully saturated rings. The van der Waals surface area contributed by atoms with Gasteiger partial charge in [0.1, 0.15) is 5.82 Å². The van der Waals surface area contributed by atoms with Crippen molar-refractivity contribution in [2.24, 2.45) is 5.92 Å². The van der Waals surface area contributed by atoms with E-state index in [1.54, 1.807) is 12.4 Å². The van der Waals surface area contributed by atoms with Gasteiger partial charge in [-0.15, -0.1) is 0 Å². The van der Waals surface area contributed by atoms with Crippen molar-refractivity contribution in [3.8, 4) is 0 Å². The molecule has 22 heavy (non-hydrogen) atoms. The molecule has 1 aliphatic heterocycles. The maximum Gasteiger partial charge on any atom is 0.220 e. The maximum absolute atomic E-state index is 13.2. The predicted molar refractivity (Wildman–Crippen MR) is 81.6 cm³/mol. The lowest BCUT2D eigenvalue weighted by atomic mass is 9.97. The first-order valence-electron chi connectivity index (χ1n) is 7.65. The van der Waals surface area contributed by atoms with Crippen LogP contribution in [0.4, 0.5) is 4.39 Å². The molecule has 116 valence electrons. The summed E-state index contributed by atoms with van der Waals surface area (Å²) < 4.78 is 15.2. The van der Waals surface area contributed by atoms with Crippen molar-refractivity contribution in [2.75, 3.05) is 0 Å². The molecule has 2 heterocycles. The van der Waals surface area contributed by atoms with Crippen LogP contribution in [0.15, 0.2) is 36.8 Å². The van der Waals surface area contributed by atoms with E-state index in [1.807, 2.05) is 19.2 Å². The molecule has 1 aliphatic rings. The molecule has 2 atom stereocenters. The summed E-state index contributed by atoms with van der Waals surface area (Å²) in [7, 11) is 0. The van der Waals surface area contributed by atoms with Crippen LogP contribution in [0.2, 0.25) is 0 Å². The van der Waals surface area contributed by atoms with Crippen LogP contribution >= 0.6 is 0 Å². The zero-order valence-corrected chi connectivity index (χ0v) is 12.6. The monoisotopic (exact) mass is 301 g/mol. The lowest BCUT2D eigenvalue weighted by molar-refractivity contribution is -0.122. The molecule has 2 aromatic rings. The Morgan fingerprint density at radius 3 is 3.23 bits per heavy atom. The minimum Gasteiger partial charge on any atom is -0.348 e. The largest absolute Gasteiger partial charge is 0.348 e. The Morgan fingerprint density at radius 2 is 2.41 bits per heavy atom. The fourth-order valence-corrected chi connectivity index (χ4v) is 3.08. The molecule has 4 nitrogen and oxygen atoms in total. The number of carbonyl (C=O) groups is 1. The Bertz CT molecular complexity index is 667. The van der Waals surface area contributed by atoms with E-state index in [0.29, 0.717) is 12.8 Å². The summed E-state index contributed by atoms with van der Waals surface area (Å²) in [5.41, 5.74) is 2.00. The highest BCUT2D eigenvalue weighted by Crippen LogP contribution is 2.25. The number of carbonyl (C=O) groups excluding carboxylic acids is 1. The standard InChI is InChI=1S/C17H20FN3O/c1-12(7-13-3-2-4-14(18)9-13)8-17(22)20-15-5-6-21-11-19-10-16(15)21/h2-4,9-12,15H,5-8H2,1H3,(H,20,22). The number of nitrogens with one attached hydrogen (secondary N) is 1. The first-order valence-corrected chi connectivity index (χ1v) is 7.65. The van der Waals surface area contributed by atoms with Crippen LogP contribution in [0.1, 0.15) is 37.1 Å². The average Bonchev–Trinajstić information content (AvgIpc) is 3.03. The minimum atomic E-state index is -0.228. The van der Waals surface area contributed by atoms with E-state index in [2.05, 4.69) is 14.9 Å². The van der Waals surface area contributed by atoms with Gasteiger partial charge in [0.05, 0.1) is 24.3 Å². The van der Waals surface area contributed by atoms with Crippen LogP contribution in [0.5, 0.6) is 0 Å². The van der Waals surface area contributed by atoms with Crippen molar-refractivity contribution in [1.82, 2.24) is 14.9 Å². The molecule has 0 saturated carbocycles. The van der Waals surface area contributed by atoms with Gasteiger partial charge in [-0.1, -0.05) is 19.1 Å². The van der Waals surface area contributed by atoms with E-state index < -0.39 is 0 Å². The smallest absolute Gasteiger partial charge is 0.220 e. The molecule has 0 saturated heterocycles. The molecule has 0 spiro atoms. The molecule has 0 aliphatic carbocycles. The Hall–Kier alpha value is -2.17. The number of hydrogen-bond acceptors (Lipinski definition) is 2. The number of amides is 1. The number of rotatable bonds is 5. The van der Waals surface area contributed by atoms with Gasteiger partial charge in [-0.3, -0.25) is 4.79 Å². The van der Waals surface area contributed by atoms with Gasteiger partial charge in [0.15, 0.2) is 0 Å². The number of benzene rings is 1. The van der Waals surface area contributed by atoms with Crippen LogP contribution in [-0.4, -0.2) is 15.5 Å². The highest BCUT2D eigenvalue weighted by molar-refractivity contribution is 5.76. The van der Waals surface area contributed by atoms with Crippen molar-refractivity contribution in [3.05, 3.63) is 53.9 Å². The first kappa shape index (κ1) is 14.8. The van der Waals surface area contributed by atoms with Crippen LogP contribution in [0.25, 0.3) is 0 Å². The van der Waals surface area contributed by atoms with Crippen molar-refractivity contribution < 1.29 is 9.18 Å². The summed E-state index contributed by atoms with van der Waals surface area (Å²) in [6, 6.07) is 6.63. The number of aryl methyl sites for hydroxylation is 1. The predicted octanol–water partition coefficient (Wildman–Crippen LogP) is 2.85. The van der Waals surface area contributed by atoms with E-state index in [4.69, 9.17) is 0 Å². The normalized spacial score (nSPS) is 18.0. The van der Waals surface area contributed by atoms with Crippen molar-refractivity contribution in [3.63, 3.8) is 0 Å². The third-order valence-electron chi connectivity index (χ3n) is 4.10. The molecule has 2 unspecified atom stereocenters. The fraction of sp³-hybridized carbons (Fsp3) is 0.412. The van der Waals surface area contributed by atoms with Gasteiger partial charge in [-0.25, -0.2) is 9.37 Å². The molecule has 1 amide bonds. The van der Waals surface area contributed by atoms with Crippen LogP contribution < -0.4 is 5.32 Å². The highest BCUT2D eigenvalue weighted by Gasteiger charge is 2.24. The minimum absolute atomic E-state index is 0.0450. The zero-order valence-electron chi connectivity index (χ0n) is 12.6. The molecule has 1 aromatic heterocycles. The second-order valence-electron chi connectivity index (χ2n) is 6.06. The number of hydrogen-bond donors (Lipinski definition) is 1. The highest BCUT2D eigenvalue weighted by atomic mass is 19.1. The lowest BCUT2D eigenvalue weighted by Gasteiger charge is -2.15. The molecule has 1 aromatic carbocycles. The molecule has 0 bridgehead atoms. The quantitative estimate of drug-likeness (QED) is 0.923. The van der Waals surface area contributed by atoms with Gasteiger partial charge in [-0.05, 0) is 36.5 Å². The maximum atomic E-state index is 13.2. The van der Waals surface area contributed by atoms with Gasteiger partial charge in [0, 0.05) is 13.0 Å². The Kier molecular flexibility index (Phi) is 4.22. The van der Waals surface area contributed by atoms with Gasteiger partial charge in [0.25, 0.3) is 0 Å². The number of imidazole rings is 1. The average molecular weight is 301 g/mol. The number of nitrogens with zero attached hydrogens (tertiary/aromatic N) is 2. The summed E-state index contributed by atoms with van der Waals surface area (Å²) in [5.74, 6) is -0.00923. The zero-order chi connectivity index (χ0) is 15.5. The topological polar surface area (TPSA) is 46.9 Å². The Morgan fingerprint density at radius 1 is 1.55 bits per heavy atom. The molecule has 1 N–H and O–H groups in total. The third kappa shape index (κ3) is 3.35. The third-order valence-corrected chi connectivity index (χ3v) is 4.10. The molecule has 3 rings (SSSR count). The lowest BCUT2D eigenvalue weighted by Crippen LogP contribution is -2.28. The Balaban J connectivity index is 1.52. The van der Waals surface area contributed by atoms with Crippen molar-refractivity contribution in [2.45, 2.75) is 38.8 Å². The summed E-state index contributed by atoms with van der Waals surface area (Å²) in [5, 5.41) is 3.08. The fourth-order valence-electron chi connectivity index (χ4n) is 3.08. The SMILES string of the molecule is CC(CC(=O)NC1CCn2cncc21)Cc1cccc(F)c1. The van der Waals surface area contributed by atoms with Gasteiger partial charge >= 0.3 is 0 Å². The first-order chi connectivity index (χ1) is 10.6. The molecular formula is C17H20FN3O. The second kappa shape index (κ2) is 6.30. The molecule has 0 radical (unpaired) electrons. The van der Waals surface area contributed by atoms with Crippen LogP contribution in [0, 0.1) is 11.7 Å². The number of aromatic nitrogens is 2. The van der Waals surface area contributed by atoms with Gasteiger partial charge in [-0.2, -0.15) is 0 Å². The summed E-state index contributed by atoms with van der Waals surface area (Å²) in [6.07, 6.45) is 5.68. The van der Waals surface area contributed by atoms with E-state index in [9.17, 15) is 9.18 Å². The summed E-state index contributed by atoms with van der Waals surface area (Å²) in [6.45, 7) is 2.92. The van der Waals surface area contributed by atoms with E-state index >= 15 is 0 Å². The van der Waals surface area contributed by atoms with Crippen LogP contribution in [0.3, 0.4) is 0 Å². The van der Waals surface area contributed by atoms with Gasteiger partial charge < -0.3 is 9.88 Å². The van der Waals surface area contributed by atoms with E-state index in [-0.39, 0.29) is 23.7 Å². The molecule has 5 heteroatoms. The Labute approximate surface area is 129 Å². The van der Waals surface area contributed by atoms with E-state index in [0.717, 1.165) is 24.2 Å². The number of fused-ring (bicyclic) bond motifs is 1. The molecular weight excluding hydrogens is 281 g/mol. The van der Waals surface area contributed by atoms with Crippen LogP contribution in [-0.2, 0) is 17.8 Å². The van der Waals surface area contributed by atoms with Crippen molar-refractivity contribution in [1.29, 1.82) is 0 Å². The van der Waals surface area contributed by atoms with Crippen molar-refractivity contribution >= 4 is 5.91 Å². The summed E-state index contributed by atoms with van der Waals surface area (Å²) >= 11 is 0. The van der Waals surface area contributed by atoms with E-state index in [1.165, 1.54) is 12.1 Å². The second-order valence-corrected chi connectivity index (χ2v) is 6.06. The van der Waals surface area contributed by atoms with Gasteiger partial charge in [0.2, 0.25) is 5.91 Å².